The largest absolute Gasteiger partial charge is 1.00 e. The van der Waals surface area contributed by atoms with Gasteiger partial charge in [-0.25, -0.2) is 0 Å². The summed E-state index contributed by atoms with van der Waals surface area (Å²) in [5, 5.41) is 15.3. The van der Waals surface area contributed by atoms with Crippen molar-refractivity contribution in [1.29, 1.82) is 0 Å². The van der Waals surface area contributed by atoms with Gasteiger partial charge in [-0.1, -0.05) is 25.4 Å². The summed E-state index contributed by atoms with van der Waals surface area (Å²) >= 11 is 6.05. The smallest absolute Gasteiger partial charge is 0.120 e. The number of fused-ring (bicyclic) bond motifs is 1. The molecule has 0 aliphatic rings. The van der Waals surface area contributed by atoms with Gasteiger partial charge in [-0.05, 0) is 55.6 Å². The van der Waals surface area contributed by atoms with Gasteiger partial charge in [-0.3, -0.25) is 9.88 Å². The molecule has 0 amide bonds. The van der Waals surface area contributed by atoms with Crippen LogP contribution in [0.1, 0.15) is 19.4 Å². The van der Waals surface area contributed by atoms with Gasteiger partial charge in [0, 0.05) is 40.1 Å². The molecule has 7 heteroatoms. The normalized spacial score (nSPS) is 10.4. The van der Waals surface area contributed by atoms with E-state index in [0.717, 1.165) is 47.5 Å². The summed E-state index contributed by atoms with van der Waals surface area (Å²) in [5.74, 6) is 0.323. The minimum atomic E-state index is 0. The van der Waals surface area contributed by atoms with E-state index in [1.165, 1.54) is 0 Å². The number of halogens is 2. The molecule has 0 radical (unpaired) electrons. The lowest BCUT2D eigenvalue weighted by Crippen LogP contribution is -3.00. The molecule has 0 saturated carbocycles. The monoisotopic (exact) mass is 408 g/mol. The third kappa shape index (κ3) is 5.47. The Morgan fingerprint density at radius 2 is 1.81 bits per heavy atom. The van der Waals surface area contributed by atoms with Crippen molar-refractivity contribution in [3.63, 3.8) is 0 Å². The standard InChI is InChI=1S/C20H22ClN3O.ClH.H2O/c1-3-24(4-2)13-14-11-16(6-8-20(14)25)23-18-9-10-22-19-12-15(21)5-7-17(18)19;;/h5-12,25H,3-4,13H2,1-2H3,(H,22,23);1H;1H2/p-1. The number of anilines is 2. The Kier molecular flexibility index (Phi) is 8.79. The van der Waals surface area contributed by atoms with Crippen LogP contribution in [0.3, 0.4) is 0 Å². The molecule has 0 unspecified atom stereocenters. The van der Waals surface area contributed by atoms with Gasteiger partial charge in [0.05, 0.1) is 5.52 Å². The number of hydrogen-bond acceptors (Lipinski definition) is 4. The van der Waals surface area contributed by atoms with Gasteiger partial charge in [0.25, 0.3) is 0 Å². The number of phenols is 1. The van der Waals surface area contributed by atoms with Gasteiger partial charge < -0.3 is 28.3 Å². The Bertz CT molecular complexity index is 886. The van der Waals surface area contributed by atoms with E-state index in [4.69, 9.17) is 11.6 Å². The minimum Gasteiger partial charge on any atom is -1.00 e. The predicted octanol–water partition coefficient (Wildman–Crippen LogP) is 1.36. The summed E-state index contributed by atoms with van der Waals surface area (Å²) in [6.07, 6.45) is 1.76. The summed E-state index contributed by atoms with van der Waals surface area (Å²) in [4.78, 5) is 6.63. The summed E-state index contributed by atoms with van der Waals surface area (Å²) in [6.45, 7) is 6.86. The Hall–Kier alpha value is -2.05. The molecule has 2 aromatic carbocycles. The fourth-order valence-electron chi connectivity index (χ4n) is 2.86. The Morgan fingerprint density at radius 3 is 2.52 bits per heavy atom. The molecule has 27 heavy (non-hydrogen) atoms. The second-order valence-corrected chi connectivity index (χ2v) is 6.39. The molecule has 5 nitrogen and oxygen atoms in total. The average molecular weight is 409 g/mol. The lowest BCUT2D eigenvalue weighted by atomic mass is 10.1. The van der Waals surface area contributed by atoms with Crippen LogP contribution in [0, 0.1) is 0 Å². The second kappa shape index (κ2) is 10.3. The van der Waals surface area contributed by atoms with Crippen LogP contribution >= 0.6 is 11.6 Å². The SMILES string of the molecule is CCN(CC)Cc1cc(Nc2ccnc3cc(Cl)ccc23)ccc1O.O.[Cl-]. The highest BCUT2D eigenvalue weighted by molar-refractivity contribution is 6.31. The van der Waals surface area contributed by atoms with Crippen molar-refractivity contribution >= 4 is 33.9 Å². The van der Waals surface area contributed by atoms with E-state index in [1.807, 2.05) is 36.4 Å². The number of benzene rings is 2. The zero-order chi connectivity index (χ0) is 17.8. The highest BCUT2D eigenvalue weighted by atomic mass is 35.5. The maximum atomic E-state index is 10.2. The van der Waals surface area contributed by atoms with Crippen LogP contribution in [0.4, 0.5) is 11.4 Å². The molecular weight excluding hydrogens is 385 g/mol. The number of nitrogens with one attached hydrogen (secondary N) is 1. The van der Waals surface area contributed by atoms with Crippen molar-refractivity contribution in [2.24, 2.45) is 0 Å². The van der Waals surface area contributed by atoms with Crippen LogP contribution < -0.4 is 17.7 Å². The molecule has 1 aromatic heterocycles. The fraction of sp³-hybridized carbons (Fsp3) is 0.250. The molecule has 0 saturated heterocycles. The number of hydrogen-bond donors (Lipinski definition) is 2. The molecule has 146 valence electrons. The predicted molar refractivity (Wildman–Crippen MR) is 108 cm³/mol. The maximum Gasteiger partial charge on any atom is 0.120 e. The van der Waals surface area contributed by atoms with E-state index < -0.39 is 0 Å². The van der Waals surface area contributed by atoms with Gasteiger partial charge in [-0.15, -0.1) is 0 Å². The molecular formula is C20H24Cl2N3O2-. The van der Waals surface area contributed by atoms with Gasteiger partial charge >= 0.3 is 0 Å². The Labute approximate surface area is 170 Å². The molecule has 0 atom stereocenters. The van der Waals surface area contributed by atoms with E-state index in [0.29, 0.717) is 10.8 Å². The summed E-state index contributed by atoms with van der Waals surface area (Å²) in [5.41, 5.74) is 3.65. The van der Waals surface area contributed by atoms with Crippen LogP contribution in [-0.2, 0) is 6.54 Å². The molecule has 1 heterocycles. The van der Waals surface area contributed by atoms with E-state index in [1.54, 1.807) is 12.3 Å². The maximum absolute atomic E-state index is 10.2. The number of aromatic nitrogens is 1. The average Bonchev–Trinajstić information content (AvgIpc) is 2.62. The second-order valence-electron chi connectivity index (χ2n) is 5.95. The van der Waals surface area contributed by atoms with Crippen LogP contribution in [-0.4, -0.2) is 33.6 Å². The quantitative estimate of drug-likeness (QED) is 0.603. The molecule has 3 aromatic rings. The first-order chi connectivity index (χ1) is 12.1. The van der Waals surface area contributed by atoms with Crippen molar-refractivity contribution < 1.29 is 23.0 Å². The third-order valence-electron chi connectivity index (χ3n) is 4.35. The minimum absolute atomic E-state index is 0. The van der Waals surface area contributed by atoms with Crippen molar-refractivity contribution in [3.05, 3.63) is 59.2 Å². The van der Waals surface area contributed by atoms with Gasteiger partial charge in [0.1, 0.15) is 5.75 Å². The molecule has 0 spiro atoms. The van der Waals surface area contributed by atoms with Crippen molar-refractivity contribution in [3.8, 4) is 5.75 Å². The highest BCUT2D eigenvalue weighted by Gasteiger charge is 2.09. The fourth-order valence-corrected chi connectivity index (χ4v) is 3.03. The van der Waals surface area contributed by atoms with E-state index >= 15 is 0 Å². The van der Waals surface area contributed by atoms with Crippen molar-refractivity contribution in [1.82, 2.24) is 9.88 Å². The number of pyridine rings is 1. The molecule has 0 aliphatic heterocycles. The first-order valence-corrected chi connectivity index (χ1v) is 8.84. The van der Waals surface area contributed by atoms with E-state index in [9.17, 15) is 5.11 Å². The third-order valence-corrected chi connectivity index (χ3v) is 4.59. The van der Waals surface area contributed by atoms with Crippen LogP contribution in [0.2, 0.25) is 5.02 Å². The lowest BCUT2D eigenvalue weighted by molar-refractivity contribution is -0.00000725. The van der Waals surface area contributed by atoms with Crippen molar-refractivity contribution in [2.45, 2.75) is 20.4 Å². The highest BCUT2D eigenvalue weighted by Crippen LogP contribution is 2.29. The first kappa shape index (κ1) is 23.0. The molecule has 0 aliphatic carbocycles. The zero-order valence-electron chi connectivity index (χ0n) is 15.3. The van der Waals surface area contributed by atoms with Crippen LogP contribution in [0.25, 0.3) is 10.9 Å². The van der Waals surface area contributed by atoms with Gasteiger partial charge in [0.2, 0.25) is 0 Å². The first-order valence-electron chi connectivity index (χ1n) is 8.46. The van der Waals surface area contributed by atoms with E-state index in [2.05, 4.69) is 29.0 Å². The zero-order valence-corrected chi connectivity index (χ0v) is 16.8. The number of rotatable bonds is 6. The van der Waals surface area contributed by atoms with Crippen LogP contribution in [0.5, 0.6) is 5.75 Å². The summed E-state index contributed by atoms with van der Waals surface area (Å²) < 4.78 is 0. The van der Waals surface area contributed by atoms with Crippen molar-refractivity contribution in [2.75, 3.05) is 18.4 Å². The lowest BCUT2D eigenvalue weighted by Gasteiger charge is -2.19. The van der Waals surface area contributed by atoms with Crippen LogP contribution in [0.15, 0.2) is 48.7 Å². The number of nitrogens with zero attached hydrogens (tertiary/aromatic N) is 2. The summed E-state index contributed by atoms with van der Waals surface area (Å²) in [7, 11) is 0. The van der Waals surface area contributed by atoms with Gasteiger partial charge in [0.15, 0.2) is 0 Å². The Morgan fingerprint density at radius 1 is 1.07 bits per heavy atom. The molecule has 0 bridgehead atoms. The van der Waals surface area contributed by atoms with E-state index in [-0.39, 0.29) is 17.9 Å². The summed E-state index contributed by atoms with van der Waals surface area (Å²) in [6, 6.07) is 13.2. The number of phenolic OH excluding ortho intramolecular Hbond substituents is 1. The Balaban J connectivity index is 0.00000182. The van der Waals surface area contributed by atoms with Gasteiger partial charge in [-0.2, -0.15) is 0 Å². The molecule has 3 rings (SSSR count). The molecule has 0 fully saturated rings. The number of aromatic hydroxyl groups is 1. The topological polar surface area (TPSA) is 79.9 Å². The molecule has 4 N–H and O–H groups in total.